The fourth-order valence-electron chi connectivity index (χ4n) is 3.93. The van der Waals surface area contributed by atoms with Crippen LogP contribution in [0.5, 0.6) is 0 Å². The van der Waals surface area contributed by atoms with E-state index in [9.17, 15) is 0 Å². The lowest BCUT2D eigenvalue weighted by molar-refractivity contribution is 0.0159. The van der Waals surface area contributed by atoms with E-state index in [2.05, 4.69) is 19.2 Å². The zero-order valence-electron chi connectivity index (χ0n) is 12.3. The minimum absolute atomic E-state index is 0.927. The van der Waals surface area contributed by atoms with Gasteiger partial charge in [0.25, 0.3) is 0 Å². The Morgan fingerprint density at radius 1 is 1.11 bits per heavy atom. The van der Waals surface area contributed by atoms with Crippen LogP contribution in [0, 0.1) is 23.7 Å². The molecule has 0 spiro atoms. The van der Waals surface area contributed by atoms with Gasteiger partial charge in [0.2, 0.25) is 0 Å². The quantitative estimate of drug-likeness (QED) is 0.758. The van der Waals surface area contributed by atoms with E-state index in [1.165, 1.54) is 51.6 Å². The number of rotatable bonds is 5. The summed E-state index contributed by atoms with van der Waals surface area (Å²) < 4.78 is 5.54. The number of nitrogens with one attached hydrogen (secondary N) is 1. The van der Waals surface area contributed by atoms with E-state index in [1.54, 1.807) is 0 Å². The van der Waals surface area contributed by atoms with Gasteiger partial charge in [-0.25, -0.2) is 0 Å². The Bertz CT molecular complexity index is 225. The first kappa shape index (κ1) is 14.3. The standard InChI is InChI=1S/C16H31NO/c1-3-8-17-12-15-5-4-13(2)11-16(15)14-6-9-18-10-7-14/h13-17H,3-12H2,1-2H3. The van der Waals surface area contributed by atoms with Gasteiger partial charge in [0.1, 0.15) is 0 Å². The van der Waals surface area contributed by atoms with Gasteiger partial charge in [-0.3, -0.25) is 0 Å². The lowest BCUT2D eigenvalue weighted by Crippen LogP contribution is -2.38. The Labute approximate surface area is 113 Å². The lowest BCUT2D eigenvalue weighted by Gasteiger charge is -2.41. The molecule has 0 amide bonds. The second-order valence-electron chi connectivity index (χ2n) is 6.50. The molecule has 1 aliphatic heterocycles. The highest BCUT2D eigenvalue weighted by Crippen LogP contribution is 2.41. The maximum absolute atomic E-state index is 5.54. The molecule has 2 fully saturated rings. The lowest BCUT2D eigenvalue weighted by atomic mass is 9.67. The van der Waals surface area contributed by atoms with E-state index in [4.69, 9.17) is 4.74 Å². The third-order valence-electron chi connectivity index (χ3n) is 5.02. The summed E-state index contributed by atoms with van der Waals surface area (Å²) in [6.45, 7) is 9.15. The Hall–Kier alpha value is -0.0800. The summed E-state index contributed by atoms with van der Waals surface area (Å²) in [6.07, 6.45) is 8.22. The SMILES string of the molecule is CCCNCC1CCC(C)CC1C1CCOCC1. The van der Waals surface area contributed by atoms with Crippen LogP contribution in [-0.4, -0.2) is 26.3 Å². The van der Waals surface area contributed by atoms with Gasteiger partial charge in [-0.15, -0.1) is 0 Å². The molecule has 1 N–H and O–H groups in total. The van der Waals surface area contributed by atoms with Gasteiger partial charge >= 0.3 is 0 Å². The van der Waals surface area contributed by atoms with Crippen LogP contribution in [0.4, 0.5) is 0 Å². The van der Waals surface area contributed by atoms with Crippen molar-refractivity contribution in [3.05, 3.63) is 0 Å². The average molecular weight is 253 g/mol. The molecular weight excluding hydrogens is 222 g/mol. The Morgan fingerprint density at radius 2 is 1.89 bits per heavy atom. The molecule has 0 aromatic carbocycles. The summed E-state index contributed by atoms with van der Waals surface area (Å²) in [5.74, 6) is 3.77. The topological polar surface area (TPSA) is 21.3 Å². The molecule has 2 nitrogen and oxygen atoms in total. The third kappa shape index (κ3) is 3.96. The normalized spacial score (nSPS) is 34.7. The maximum atomic E-state index is 5.54. The molecule has 106 valence electrons. The van der Waals surface area contributed by atoms with Crippen molar-refractivity contribution < 1.29 is 4.74 Å². The van der Waals surface area contributed by atoms with Crippen molar-refractivity contribution in [3.63, 3.8) is 0 Å². The molecule has 18 heavy (non-hydrogen) atoms. The van der Waals surface area contributed by atoms with Gasteiger partial charge in [0, 0.05) is 13.2 Å². The second kappa shape index (κ2) is 7.49. The van der Waals surface area contributed by atoms with Crippen molar-refractivity contribution in [3.8, 4) is 0 Å². The molecule has 1 heterocycles. The van der Waals surface area contributed by atoms with Gasteiger partial charge in [0.05, 0.1) is 0 Å². The molecule has 0 bridgehead atoms. The first-order chi connectivity index (χ1) is 8.81. The van der Waals surface area contributed by atoms with Gasteiger partial charge < -0.3 is 10.1 Å². The molecule has 0 radical (unpaired) electrons. The largest absolute Gasteiger partial charge is 0.381 e. The minimum Gasteiger partial charge on any atom is -0.381 e. The Kier molecular flexibility index (Phi) is 5.97. The molecule has 2 aliphatic rings. The second-order valence-corrected chi connectivity index (χ2v) is 6.50. The molecule has 1 saturated carbocycles. The van der Waals surface area contributed by atoms with Crippen LogP contribution in [0.1, 0.15) is 52.4 Å². The van der Waals surface area contributed by atoms with Crippen molar-refractivity contribution in [2.75, 3.05) is 26.3 Å². The van der Waals surface area contributed by atoms with Crippen LogP contribution in [-0.2, 0) is 4.74 Å². The van der Waals surface area contributed by atoms with Crippen molar-refractivity contribution in [2.45, 2.75) is 52.4 Å². The predicted octanol–water partition coefficient (Wildman–Crippen LogP) is 3.47. The van der Waals surface area contributed by atoms with E-state index in [0.29, 0.717) is 0 Å². The summed E-state index contributed by atoms with van der Waals surface area (Å²) in [5, 5.41) is 3.66. The molecule has 0 aromatic heterocycles. The van der Waals surface area contributed by atoms with E-state index in [1.807, 2.05) is 0 Å². The van der Waals surface area contributed by atoms with Crippen molar-refractivity contribution in [2.24, 2.45) is 23.7 Å². The number of ether oxygens (including phenoxy) is 1. The van der Waals surface area contributed by atoms with E-state index in [-0.39, 0.29) is 0 Å². The van der Waals surface area contributed by atoms with Crippen molar-refractivity contribution in [1.29, 1.82) is 0 Å². The van der Waals surface area contributed by atoms with E-state index < -0.39 is 0 Å². The summed E-state index contributed by atoms with van der Waals surface area (Å²) in [7, 11) is 0. The van der Waals surface area contributed by atoms with Crippen molar-refractivity contribution in [1.82, 2.24) is 5.32 Å². The van der Waals surface area contributed by atoms with Crippen LogP contribution >= 0.6 is 0 Å². The highest BCUT2D eigenvalue weighted by molar-refractivity contribution is 4.85. The van der Waals surface area contributed by atoms with Gasteiger partial charge in [-0.05, 0) is 68.9 Å². The first-order valence-electron chi connectivity index (χ1n) is 8.09. The molecule has 1 aliphatic carbocycles. The highest BCUT2D eigenvalue weighted by atomic mass is 16.5. The predicted molar refractivity (Wildman–Crippen MR) is 76.7 cm³/mol. The van der Waals surface area contributed by atoms with Gasteiger partial charge in [-0.2, -0.15) is 0 Å². The molecule has 2 rings (SSSR count). The summed E-state index contributed by atoms with van der Waals surface area (Å²) in [4.78, 5) is 0. The van der Waals surface area contributed by atoms with E-state index in [0.717, 1.165) is 36.9 Å². The third-order valence-corrected chi connectivity index (χ3v) is 5.02. The highest BCUT2D eigenvalue weighted by Gasteiger charge is 2.34. The molecule has 2 heteroatoms. The molecular formula is C16H31NO. The zero-order valence-corrected chi connectivity index (χ0v) is 12.3. The minimum atomic E-state index is 0.927. The van der Waals surface area contributed by atoms with Crippen LogP contribution in [0.3, 0.4) is 0 Å². The first-order valence-corrected chi connectivity index (χ1v) is 8.09. The summed E-state index contributed by atoms with van der Waals surface area (Å²) in [5.41, 5.74) is 0. The van der Waals surface area contributed by atoms with Crippen LogP contribution in [0.2, 0.25) is 0 Å². The van der Waals surface area contributed by atoms with Gasteiger partial charge in [-0.1, -0.05) is 20.3 Å². The maximum Gasteiger partial charge on any atom is 0.0468 e. The van der Waals surface area contributed by atoms with Crippen LogP contribution < -0.4 is 5.32 Å². The fourth-order valence-corrected chi connectivity index (χ4v) is 3.93. The summed E-state index contributed by atoms with van der Waals surface area (Å²) in [6, 6.07) is 0. The average Bonchev–Trinajstić information content (AvgIpc) is 2.41. The molecule has 0 aromatic rings. The smallest absolute Gasteiger partial charge is 0.0468 e. The molecule has 1 saturated heterocycles. The molecule has 3 unspecified atom stereocenters. The Balaban J connectivity index is 1.87. The van der Waals surface area contributed by atoms with Crippen molar-refractivity contribution >= 4 is 0 Å². The van der Waals surface area contributed by atoms with Gasteiger partial charge in [0.15, 0.2) is 0 Å². The molecule has 3 atom stereocenters. The van der Waals surface area contributed by atoms with Crippen LogP contribution in [0.25, 0.3) is 0 Å². The van der Waals surface area contributed by atoms with Crippen LogP contribution in [0.15, 0.2) is 0 Å². The summed E-state index contributed by atoms with van der Waals surface area (Å²) >= 11 is 0. The fraction of sp³-hybridized carbons (Fsp3) is 1.00. The zero-order chi connectivity index (χ0) is 12.8. The monoisotopic (exact) mass is 253 g/mol. The van der Waals surface area contributed by atoms with E-state index >= 15 is 0 Å². The number of hydrogen-bond acceptors (Lipinski definition) is 2. The number of hydrogen-bond donors (Lipinski definition) is 1. The Morgan fingerprint density at radius 3 is 2.61 bits per heavy atom.